The third-order valence-corrected chi connectivity index (χ3v) is 2.81. The van der Waals surface area contributed by atoms with Gasteiger partial charge in [0.05, 0.1) is 7.11 Å². The predicted molar refractivity (Wildman–Crippen MR) is 58.9 cm³/mol. The Hall–Kier alpha value is -0.630. The van der Waals surface area contributed by atoms with Crippen molar-refractivity contribution >= 4 is 11.8 Å². The van der Waals surface area contributed by atoms with Crippen LogP contribution in [0.25, 0.3) is 0 Å². The lowest BCUT2D eigenvalue weighted by atomic mass is 10.1. The Morgan fingerprint density at radius 3 is 2.15 bits per heavy atom. The number of ether oxygens (including phenoxy) is 1. The molecule has 0 aliphatic rings. The molecule has 0 saturated carbocycles. The molecule has 0 aromatic heterocycles. The summed E-state index contributed by atoms with van der Waals surface area (Å²) in [7, 11) is 1.72. The SMILES string of the molecule is CCSc1cc(C)c(OC)c(C)c1. The molecule has 0 spiro atoms. The van der Waals surface area contributed by atoms with Crippen LogP contribution < -0.4 is 4.74 Å². The molecule has 0 atom stereocenters. The fourth-order valence-corrected chi connectivity index (χ4v) is 2.34. The Kier molecular flexibility index (Phi) is 3.67. The minimum absolute atomic E-state index is 1.01. The van der Waals surface area contributed by atoms with Crippen LogP contribution in [0.4, 0.5) is 0 Å². The Morgan fingerprint density at radius 1 is 1.23 bits per heavy atom. The summed E-state index contributed by atoms with van der Waals surface area (Å²) in [5, 5.41) is 0. The van der Waals surface area contributed by atoms with Crippen molar-refractivity contribution in [1.29, 1.82) is 0 Å². The number of methoxy groups -OCH3 is 1. The van der Waals surface area contributed by atoms with Gasteiger partial charge in [-0.05, 0) is 42.9 Å². The van der Waals surface area contributed by atoms with E-state index in [0.717, 1.165) is 11.5 Å². The second kappa shape index (κ2) is 4.56. The van der Waals surface area contributed by atoms with Crippen LogP contribution in [0, 0.1) is 13.8 Å². The number of hydrogen-bond donors (Lipinski definition) is 0. The number of benzene rings is 1. The van der Waals surface area contributed by atoms with E-state index in [1.165, 1.54) is 16.0 Å². The molecular weight excluding hydrogens is 180 g/mol. The Morgan fingerprint density at radius 2 is 1.77 bits per heavy atom. The van der Waals surface area contributed by atoms with Gasteiger partial charge in [-0.2, -0.15) is 0 Å². The van der Waals surface area contributed by atoms with Crippen molar-refractivity contribution in [3.63, 3.8) is 0 Å². The van der Waals surface area contributed by atoms with Crippen molar-refractivity contribution in [3.8, 4) is 5.75 Å². The maximum absolute atomic E-state index is 5.30. The van der Waals surface area contributed by atoms with Gasteiger partial charge in [0.15, 0.2) is 0 Å². The van der Waals surface area contributed by atoms with Crippen molar-refractivity contribution in [2.45, 2.75) is 25.7 Å². The fraction of sp³-hybridized carbons (Fsp3) is 0.455. The summed E-state index contributed by atoms with van der Waals surface area (Å²) in [5.74, 6) is 2.13. The quantitative estimate of drug-likeness (QED) is 0.685. The molecule has 0 N–H and O–H groups in total. The van der Waals surface area contributed by atoms with Crippen molar-refractivity contribution in [1.82, 2.24) is 0 Å². The number of hydrogen-bond acceptors (Lipinski definition) is 2. The first kappa shape index (κ1) is 10.5. The van der Waals surface area contributed by atoms with Crippen molar-refractivity contribution in [2.75, 3.05) is 12.9 Å². The monoisotopic (exact) mass is 196 g/mol. The molecule has 0 amide bonds. The van der Waals surface area contributed by atoms with E-state index in [0.29, 0.717) is 0 Å². The van der Waals surface area contributed by atoms with Gasteiger partial charge in [-0.25, -0.2) is 0 Å². The zero-order valence-electron chi connectivity index (χ0n) is 8.68. The molecule has 0 radical (unpaired) electrons. The van der Waals surface area contributed by atoms with Crippen molar-refractivity contribution < 1.29 is 4.74 Å². The normalized spacial score (nSPS) is 10.2. The third kappa shape index (κ3) is 2.41. The van der Waals surface area contributed by atoms with Gasteiger partial charge in [0, 0.05) is 4.90 Å². The summed E-state index contributed by atoms with van der Waals surface area (Å²) in [6.07, 6.45) is 0. The van der Waals surface area contributed by atoms with E-state index in [2.05, 4.69) is 32.9 Å². The first-order valence-electron chi connectivity index (χ1n) is 4.47. The molecule has 1 rings (SSSR count). The number of thioether (sulfide) groups is 1. The maximum Gasteiger partial charge on any atom is 0.124 e. The van der Waals surface area contributed by atoms with Gasteiger partial charge in [0.25, 0.3) is 0 Å². The molecule has 1 nitrogen and oxygen atoms in total. The molecular formula is C11H16OS. The first-order valence-corrected chi connectivity index (χ1v) is 5.45. The molecule has 0 heterocycles. The van der Waals surface area contributed by atoms with E-state index < -0.39 is 0 Å². The molecule has 72 valence electrons. The number of aryl methyl sites for hydroxylation is 2. The van der Waals surface area contributed by atoms with E-state index in [-0.39, 0.29) is 0 Å². The third-order valence-electron chi connectivity index (χ3n) is 1.95. The molecule has 2 heteroatoms. The van der Waals surface area contributed by atoms with Gasteiger partial charge in [0.2, 0.25) is 0 Å². The van der Waals surface area contributed by atoms with Gasteiger partial charge < -0.3 is 4.74 Å². The summed E-state index contributed by atoms with van der Waals surface area (Å²) in [6.45, 7) is 6.34. The van der Waals surface area contributed by atoms with Crippen molar-refractivity contribution in [3.05, 3.63) is 23.3 Å². The molecule has 0 aliphatic carbocycles. The van der Waals surface area contributed by atoms with Gasteiger partial charge in [-0.3, -0.25) is 0 Å². The Bertz CT molecular complexity index is 271. The molecule has 1 aromatic carbocycles. The van der Waals surface area contributed by atoms with Crippen LogP contribution in [0.5, 0.6) is 5.75 Å². The Balaban J connectivity index is 3.05. The van der Waals surface area contributed by atoms with E-state index in [1.807, 2.05) is 11.8 Å². The highest BCUT2D eigenvalue weighted by Crippen LogP contribution is 2.28. The summed E-state index contributed by atoms with van der Waals surface area (Å²) in [4.78, 5) is 1.33. The average molecular weight is 196 g/mol. The molecule has 0 fully saturated rings. The molecule has 0 bridgehead atoms. The summed E-state index contributed by atoms with van der Waals surface area (Å²) in [6, 6.07) is 4.36. The largest absolute Gasteiger partial charge is 0.496 e. The second-order valence-corrected chi connectivity index (χ2v) is 4.36. The van der Waals surface area contributed by atoms with E-state index in [1.54, 1.807) is 7.11 Å². The molecule has 13 heavy (non-hydrogen) atoms. The molecule has 0 saturated heterocycles. The van der Waals surface area contributed by atoms with Crippen LogP contribution in [0.15, 0.2) is 17.0 Å². The topological polar surface area (TPSA) is 9.23 Å². The summed E-state index contributed by atoms with van der Waals surface area (Å²) in [5.41, 5.74) is 2.44. The lowest BCUT2D eigenvalue weighted by Crippen LogP contribution is -1.91. The van der Waals surface area contributed by atoms with Crippen molar-refractivity contribution in [2.24, 2.45) is 0 Å². The zero-order valence-corrected chi connectivity index (χ0v) is 9.49. The van der Waals surface area contributed by atoms with E-state index >= 15 is 0 Å². The zero-order chi connectivity index (χ0) is 9.84. The van der Waals surface area contributed by atoms with Crippen LogP contribution in [0.3, 0.4) is 0 Å². The second-order valence-electron chi connectivity index (χ2n) is 3.02. The fourth-order valence-electron chi connectivity index (χ4n) is 1.48. The van der Waals surface area contributed by atoms with Crippen LogP contribution in [-0.2, 0) is 0 Å². The van der Waals surface area contributed by atoms with E-state index in [9.17, 15) is 0 Å². The van der Waals surface area contributed by atoms with E-state index in [4.69, 9.17) is 4.74 Å². The van der Waals surface area contributed by atoms with Crippen LogP contribution >= 0.6 is 11.8 Å². The highest BCUT2D eigenvalue weighted by Gasteiger charge is 2.04. The molecule has 0 unspecified atom stereocenters. The highest BCUT2D eigenvalue weighted by molar-refractivity contribution is 7.99. The number of rotatable bonds is 3. The van der Waals surface area contributed by atoms with Crippen LogP contribution in [0.2, 0.25) is 0 Å². The maximum atomic E-state index is 5.30. The Labute approximate surface area is 84.5 Å². The first-order chi connectivity index (χ1) is 6.19. The minimum atomic E-state index is 1.01. The highest BCUT2D eigenvalue weighted by atomic mass is 32.2. The van der Waals surface area contributed by atoms with Crippen LogP contribution in [0.1, 0.15) is 18.1 Å². The van der Waals surface area contributed by atoms with Gasteiger partial charge in [-0.15, -0.1) is 11.8 Å². The summed E-state index contributed by atoms with van der Waals surface area (Å²) < 4.78 is 5.30. The van der Waals surface area contributed by atoms with Gasteiger partial charge in [-0.1, -0.05) is 6.92 Å². The summed E-state index contributed by atoms with van der Waals surface area (Å²) >= 11 is 1.87. The predicted octanol–water partition coefficient (Wildman–Crippen LogP) is 3.42. The molecule has 1 aromatic rings. The standard InChI is InChI=1S/C11H16OS/c1-5-13-10-6-8(2)11(12-4)9(3)7-10/h6-7H,5H2,1-4H3. The lowest BCUT2D eigenvalue weighted by Gasteiger charge is -2.10. The minimum Gasteiger partial charge on any atom is -0.496 e. The van der Waals surface area contributed by atoms with Crippen LogP contribution in [-0.4, -0.2) is 12.9 Å². The average Bonchev–Trinajstić information content (AvgIpc) is 2.04. The molecule has 0 aliphatic heterocycles. The smallest absolute Gasteiger partial charge is 0.124 e. The van der Waals surface area contributed by atoms with Gasteiger partial charge in [0.1, 0.15) is 5.75 Å². The lowest BCUT2D eigenvalue weighted by molar-refractivity contribution is 0.408. The van der Waals surface area contributed by atoms with Gasteiger partial charge >= 0.3 is 0 Å².